The van der Waals surface area contributed by atoms with E-state index in [4.69, 9.17) is 16.7 Å². The maximum atomic E-state index is 11.3. The van der Waals surface area contributed by atoms with Crippen LogP contribution in [-0.2, 0) is 4.79 Å². The summed E-state index contributed by atoms with van der Waals surface area (Å²) in [7, 11) is 1.76. The fourth-order valence-corrected chi connectivity index (χ4v) is 1.80. The Balaban J connectivity index is 2.25. The Labute approximate surface area is 83.7 Å². The van der Waals surface area contributed by atoms with Gasteiger partial charge in [0.1, 0.15) is 5.38 Å². The van der Waals surface area contributed by atoms with Crippen LogP contribution in [0.3, 0.4) is 0 Å². The van der Waals surface area contributed by atoms with Gasteiger partial charge in [-0.15, -0.1) is 11.6 Å². The second-order valence-electron chi connectivity index (χ2n) is 3.83. The number of rotatable bonds is 3. The minimum atomic E-state index is -0.449. The summed E-state index contributed by atoms with van der Waals surface area (Å²) in [5.41, 5.74) is 0. The Morgan fingerprint density at radius 3 is 2.62 bits per heavy atom. The number of hydrogen-bond donors (Lipinski definition) is 1. The SMILES string of the molecule is CC(Cl)C(=O)N(C)CC1CC(O)C1. The lowest BCUT2D eigenvalue weighted by Crippen LogP contribution is -2.41. The zero-order valence-corrected chi connectivity index (χ0v) is 8.79. The van der Waals surface area contributed by atoms with E-state index >= 15 is 0 Å². The van der Waals surface area contributed by atoms with Crippen LogP contribution in [0, 0.1) is 5.92 Å². The highest BCUT2D eigenvalue weighted by Crippen LogP contribution is 2.27. The predicted molar refractivity (Wildman–Crippen MR) is 51.7 cm³/mol. The molecule has 1 atom stereocenters. The lowest BCUT2D eigenvalue weighted by molar-refractivity contribution is -0.130. The molecule has 0 saturated heterocycles. The first-order chi connectivity index (χ1) is 6.00. The lowest BCUT2D eigenvalue weighted by atomic mass is 9.82. The second kappa shape index (κ2) is 4.29. The third-order valence-corrected chi connectivity index (χ3v) is 2.65. The first-order valence-electron chi connectivity index (χ1n) is 4.57. The smallest absolute Gasteiger partial charge is 0.240 e. The first-order valence-corrected chi connectivity index (χ1v) is 5.01. The molecule has 4 heteroatoms. The van der Waals surface area contributed by atoms with Crippen molar-refractivity contribution in [3.63, 3.8) is 0 Å². The molecule has 1 amide bonds. The van der Waals surface area contributed by atoms with Gasteiger partial charge in [-0.25, -0.2) is 0 Å². The van der Waals surface area contributed by atoms with Gasteiger partial charge in [-0.2, -0.15) is 0 Å². The average molecular weight is 206 g/mol. The largest absolute Gasteiger partial charge is 0.393 e. The maximum absolute atomic E-state index is 11.3. The van der Waals surface area contributed by atoms with Gasteiger partial charge in [-0.05, 0) is 25.7 Å². The molecule has 0 bridgehead atoms. The van der Waals surface area contributed by atoms with Gasteiger partial charge in [0.25, 0.3) is 0 Å². The van der Waals surface area contributed by atoms with Crippen molar-refractivity contribution in [2.24, 2.45) is 5.92 Å². The summed E-state index contributed by atoms with van der Waals surface area (Å²) in [4.78, 5) is 13.0. The van der Waals surface area contributed by atoms with E-state index in [0.29, 0.717) is 12.5 Å². The summed E-state index contributed by atoms with van der Waals surface area (Å²) >= 11 is 5.66. The minimum absolute atomic E-state index is 0.0388. The lowest BCUT2D eigenvalue weighted by Gasteiger charge is -2.34. The molecule has 0 heterocycles. The quantitative estimate of drug-likeness (QED) is 0.694. The second-order valence-corrected chi connectivity index (χ2v) is 4.48. The molecule has 1 rings (SSSR count). The van der Waals surface area contributed by atoms with Crippen molar-refractivity contribution in [2.75, 3.05) is 13.6 Å². The fourth-order valence-electron chi connectivity index (χ4n) is 1.63. The molecule has 0 spiro atoms. The molecular weight excluding hydrogens is 190 g/mol. The van der Waals surface area contributed by atoms with Crippen molar-refractivity contribution in [3.05, 3.63) is 0 Å². The van der Waals surface area contributed by atoms with Gasteiger partial charge >= 0.3 is 0 Å². The Morgan fingerprint density at radius 1 is 1.69 bits per heavy atom. The molecule has 0 aromatic rings. The van der Waals surface area contributed by atoms with Crippen LogP contribution in [0.25, 0.3) is 0 Å². The van der Waals surface area contributed by atoms with Crippen molar-refractivity contribution in [1.29, 1.82) is 0 Å². The molecule has 0 aromatic heterocycles. The Morgan fingerprint density at radius 2 is 2.23 bits per heavy atom. The van der Waals surface area contributed by atoms with E-state index in [1.807, 2.05) is 0 Å². The zero-order valence-electron chi connectivity index (χ0n) is 8.03. The van der Waals surface area contributed by atoms with Crippen LogP contribution in [0.2, 0.25) is 0 Å². The van der Waals surface area contributed by atoms with Gasteiger partial charge in [0.15, 0.2) is 0 Å². The van der Waals surface area contributed by atoms with E-state index in [9.17, 15) is 4.79 Å². The Kier molecular flexibility index (Phi) is 3.56. The van der Waals surface area contributed by atoms with E-state index in [1.165, 1.54) is 0 Å². The van der Waals surface area contributed by atoms with Gasteiger partial charge in [0.05, 0.1) is 6.10 Å². The highest BCUT2D eigenvalue weighted by molar-refractivity contribution is 6.30. The van der Waals surface area contributed by atoms with Crippen molar-refractivity contribution in [2.45, 2.75) is 31.2 Å². The molecule has 0 aliphatic heterocycles. The number of halogens is 1. The zero-order chi connectivity index (χ0) is 10.0. The van der Waals surface area contributed by atoms with E-state index < -0.39 is 5.38 Å². The normalized spacial score (nSPS) is 29.2. The number of amides is 1. The molecule has 76 valence electrons. The van der Waals surface area contributed by atoms with Crippen LogP contribution in [0.15, 0.2) is 0 Å². The van der Waals surface area contributed by atoms with E-state index in [2.05, 4.69) is 0 Å². The van der Waals surface area contributed by atoms with Crippen LogP contribution in [0.4, 0.5) is 0 Å². The molecule has 1 aliphatic rings. The summed E-state index contributed by atoms with van der Waals surface area (Å²) < 4.78 is 0. The van der Waals surface area contributed by atoms with Gasteiger partial charge in [-0.3, -0.25) is 4.79 Å². The molecule has 1 N–H and O–H groups in total. The molecule has 3 nitrogen and oxygen atoms in total. The number of alkyl halides is 1. The summed E-state index contributed by atoms with van der Waals surface area (Å²) in [6.07, 6.45) is 1.48. The predicted octanol–water partition coefficient (Wildman–Crippen LogP) is 0.843. The van der Waals surface area contributed by atoms with Crippen LogP contribution < -0.4 is 0 Å². The molecule has 0 aromatic carbocycles. The van der Waals surface area contributed by atoms with Crippen molar-refractivity contribution in [1.82, 2.24) is 4.90 Å². The third-order valence-electron chi connectivity index (χ3n) is 2.46. The number of carbonyl (C=O) groups excluding carboxylic acids is 1. The number of aliphatic hydroxyl groups is 1. The highest BCUT2D eigenvalue weighted by Gasteiger charge is 2.29. The van der Waals surface area contributed by atoms with Gasteiger partial charge in [-0.1, -0.05) is 0 Å². The number of carbonyl (C=O) groups is 1. The van der Waals surface area contributed by atoms with E-state index in [0.717, 1.165) is 12.8 Å². The molecule has 1 aliphatic carbocycles. The summed E-state index contributed by atoms with van der Waals surface area (Å²) in [6, 6.07) is 0. The Hall–Kier alpha value is -0.280. The van der Waals surface area contributed by atoms with Gasteiger partial charge in [0.2, 0.25) is 5.91 Å². The molecule has 0 radical (unpaired) electrons. The van der Waals surface area contributed by atoms with Crippen molar-refractivity contribution >= 4 is 17.5 Å². The summed E-state index contributed by atoms with van der Waals surface area (Å²) in [6.45, 7) is 2.39. The third kappa shape index (κ3) is 2.85. The van der Waals surface area contributed by atoms with E-state index in [-0.39, 0.29) is 12.0 Å². The number of hydrogen-bond acceptors (Lipinski definition) is 2. The summed E-state index contributed by atoms with van der Waals surface area (Å²) in [5, 5.41) is 8.60. The average Bonchev–Trinajstić information content (AvgIpc) is 2.00. The van der Waals surface area contributed by atoms with Crippen LogP contribution >= 0.6 is 11.6 Å². The topological polar surface area (TPSA) is 40.5 Å². The molecule has 13 heavy (non-hydrogen) atoms. The van der Waals surface area contributed by atoms with E-state index in [1.54, 1.807) is 18.9 Å². The highest BCUT2D eigenvalue weighted by atomic mass is 35.5. The number of nitrogens with zero attached hydrogens (tertiary/aromatic N) is 1. The van der Waals surface area contributed by atoms with Crippen LogP contribution in [0.1, 0.15) is 19.8 Å². The van der Waals surface area contributed by atoms with Gasteiger partial charge in [0, 0.05) is 13.6 Å². The minimum Gasteiger partial charge on any atom is -0.393 e. The molecular formula is C9H16ClNO2. The Bertz CT molecular complexity index is 190. The maximum Gasteiger partial charge on any atom is 0.240 e. The molecule has 1 unspecified atom stereocenters. The van der Waals surface area contributed by atoms with Crippen molar-refractivity contribution in [3.8, 4) is 0 Å². The number of aliphatic hydroxyl groups excluding tert-OH is 1. The molecule has 1 fully saturated rings. The van der Waals surface area contributed by atoms with Gasteiger partial charge < -0.3 is 10.0 Å². The van der Waals surface area contributed by atoms with Crippen LogP contribution in [-0.4, -0.2) is 41.0 Å². The molecule has 1 saturated carbocycles. The fraction of sp³-hybridized carbons (Fsp3) is 0.889. The standard InChI is InChI=1S/C9H16ClNO2/c1-6(10)9(13)11(2)5-7-3-8(12)4-7/h6-8,12H,3-5H2,1-2H3. The van der Waals surface area contributed by atoms with Crippen LogP contribution in [0.5, 0.6) is 0 Å². The monoisotopic (exact) mass is 205 g/mol. The van der Waals surface area contributed by atoms with Crippen molar-refractivity contribution < 1.29 is 9.90 Å². The summed E-state index contributed by atoms with van der Waals surface area (Å²) in [5.74, 6) is 0.419. The first kappa shape index (κ1) is 10.8.